The number of piperazine rings is 1. The second kappa shape index (κ2) is 9.36. The number of amides is 1. The molecule has 0 aliphatic carbocycles. The van der Waals surface area contributed by atoms with Crippen LogP contribution in [0.2, 0.25) is 0 Å². The van der Waals surface area contributed by atoms with Crippen molar-refractivity contribution in [3.63, 3.8) is 0 Å². The van der Waals surface area contributed by atoms with Gasteiger partial charge in [0.25, 0.3) is 10.0 Å². The molecular formula is C24H29N5O3S2. The van der Waals surface area contributed by atoms with E-state index in [0.29, 0.717) is 11.7 Å². The van der Waals surface area contributed by atoms with Crippen LogP contribution in [0.3, 0.4) is 0 Å². The summed E-state index contributed by atoms with van der Waals surface area (Å²) in [6, 6.07) is 14.8. The first-order valence-corrected chi connectivity index (χ1v) is 13.7. The first-order valence-electron chi connectivity index (χ1n) is 11.3. The molecule has 2 fully saturated rings. The highest BCUT2D eigenvalue weighted by molar-refractivity contribution is 7.93. The van der Waals surface area contributed by atoms with E-state index < -0.39 is 10.0 Å². The van der Waals surface area contributed by atoms with Crippen LogP contribution in [0.1, 0.15) is 13.4 Å². The molecular weight excluding hydrogens is 470 g/mol. The summed E-state index contributed by atoms with van der Waals surface area (Å²) in [6.07, 6.45) is 2.32. The number of hydrogen-bond donors (Lipinski definition) is 1. The van der Waals surface area contributed by atoms with Crippen LogP contribution in [0.4, 0.5) is 16.5 Å². The highest BCUT2D eigenvalue weighted by atomic mass is 32.2. The number of anilines is 3. The van der Waals surface area contributed by atoms with Crippen molar-refractivity contribution in [2.24, 2.45) is 0 Å². The van der Waals surface area contributed by atoms with Crippen molar-refractivity contribution < 1.29 is 14.6 Å². The van der Waals surface area contributed by atoms with E-state index >= 15 is 0 Å². The van der Waals surface area contributed by atoms with Crippen LogP contribution in [0, 0.1) is 6.92 Å². The highest BCUT2D eigenvalue weighted by Gasteiger charge is 2.38. The van der Waals surface area contributed by atoms with Crippen molar-refractivity contribution in [2.75, 3.05) is 47.2 Å². The van der Waals surface area contributed by atoms with E-state index in [1.165, 1.54) is 34.7 Å². The van der Waals surface area contributed by atoms with E-state index in [-0.39, 0.29) is 18.3 Å². The summed E-state index contributed by atoms with van der Waals surface area (Å²) in [4.78, 5) is 23.8. The van der Waals surface area contributed by atoms with Gasteiger partial charge in [-0.1, -0.05) is 18.2 Å². The van der Waals surface area contributed by atoms with Gasteiger partial charge in [0, 0.05) is 57.1 Å². The normalized spacial score (nSPS) is 19.6. The van der Waals surface area contributed by atoms with E-state index in [1.54, 1.807) is 28.6 Å². The summed E-state index contributed by atoms with van der Waals surface area (Å²) in [5, 5.41) is 2.03. The monoisotopic (exact) mass is 499 g/mol. The number of rotatable bonds is 6. The average Bonchev–Trinajstić information content (AvgIpc) is 3.49. The van der Waals surface area contributed by atoms with Crippen LogP contribution < -0.4 is 14.5 Å². The average molecular weight is 500 g/mol. The van der Waals surface area contributed by atoms with Gasteiger partial charge in [-0.15, -0.1) is 11.3 Å². The number of sulfonamides is 1. The van der Waals surface area contributed by atoms with Crippen LogP contribution in [0.15, 0.2) is 65.0 Å². The van der Waals surface area contributed by atoms with Crippen LogP contribution >= 0.6 is 11.3 Å². The van der Waals surface area contributed by atoms with Crippen molar-refractivity contribution in [3.8, 4) is 0 Å². The number of aromatic nitrogens is 1. The number of aryl methyl sites for hydroxylation is 1. The second-order valence-corrected chi connectivity index (χ2v) is 11.1. The van der Waals surface area contributed by atoms with Gasteiger partial charge < -0.3 is 9.80 Å². The lowest BCUT2D eigenvalue weighted by Crippen LogP contribution is -2.52. The van der Waals surface area contributed by atoms with Gasteiger partial charge in [-0.2, -0.15) is 0 Å². The van der Waals surface area contributed by atoms with Crippen molar-refractivity contribution in [1.29, 1.82) is 0 Å². The minimum atomic E-state index is -3.71. The standard InChI is InChI=1S/C24H27N5O3S2.H2/c1-18-4-2-3-5-21(18)27-13-15-28(16-14-27)22-10-12-29(23(22)30)19-6-8-20(9-7-19)34(31,32)26-24-25-11-17-33-24;/h2-9,11,17,22H,10,12-16H2,1H3,(H,25,26);1H/t22-;/m0./s1. The maximum Gasteiger partial charge on any atom is 0.263 e. The molecule has 2 aliphatic heterocycles. The molecule has 2 aromatic carbocycles. The Kier molecular flexibility index (Phi) is 6.28. The Morgan fingerprint density at radius 1 is 1.03 bits per heavy atom. The van der Waals surface area contributed by atoms with Crippen LogP contribution in [-0.2, 0) is 14.8 Å². The summed E-state index contributed by atoms with van der Waals surface area (Å²) < 4.78 is 27.6. The Hall–Kier alpha value is -2.95. The Bertz CT molecular complexity index is 1260. The first kappa shape index (κ1) is 22.8. The fourth-order valence-electron chi connectivity index (χ4n) is 4.71. The van der Waals surface area contributed by atoms with Gasteiger partial charge in [-0.3, -0.25) is 14.4 Å². The maximum absolute atomic E-state index is 13.2. The van der Waals surface area contributed by atoms with Crippen LogP contribution in [0.5, 0.6) is 0 Å². The van der Waals surface area contributed by atoms with Gasteiger partial charge in [-0.25, -0.2) is 13.4 Å². The number of para-hydroxylation sites is 1. The number of hydrogen-bond acceptors (Lipinski definition) is 7. The molecule has 3 heterocycles. The predicted molar refractivity (Wildman–Crippen MR) is 137 cm³/mol. The molecule has 34 heavy (non-hydrogen) atoms. The number of carbonyl (C=O) groups is 1. The Morgan fingerprint density at radius 2 is 1.76 bits per heavy atom. The summed E-state index contributed by atoms with van der Waals surface area (Å²) in [5.41, 5.74) is 3.26. The molecule has 5 rings (SSSR count). The van der Waals surface area contributed by atoms with Crippen molar-refractivity contribution in [3.05, 3.63) is 65.7 Å². The molecule has 3 aromatic rings. The zero-order valence-corrected chi connectivity index (χ0v) is 20.6. The summed E-state index contributed by atoms with van der Waals surface area (Å²) >= 11 is 1.22. The smallest absolute Gasteiger partial charge is 0.263 e. The number of nitrogens with zero attached hydrogens (tertiary/aromatic N) is 4. The van der Waals surface area contributed by atoms with Gasteiger partial charge in [0.15, 0.2) is 5.13 Å². The van der Waals surface area contributed by atoms with Crippen molar-refractivity contribution in [1.82, 2.24) is 9.88 Å². The molecule has 0 bridgehead atoms. The highest BCUT2D eigenvalue weighted by Crippen LogP contribution is 2.28. The summed E-state index contributed by atoms with van der Waals surface area (Å²) in [5.74, 6) is 0.0841. The molecule has 2 aliphatic rings. The minimum Gasteiger partial charge on any atom is -0.369 e. The molecule has 180 valence electrons. The van der Waals surface area contributed by atoms with Gasteiger partial charge in [0.1, 0.15) is 0 Å². The third-order valence-corrected chi connectivity index (χ3v) is 8.67. The van der Waals surface area contributed by atoms with Crippen LogP contribution in [0.25, 0.3) is 0 Å². The zero-order valence-electron chi connectivity index (χ0n) is 18.9. The molecule has 0 saturated carbocycles. The number of benzene rings is 2. The van der Waals surface area contributed by atoms with Gasteiger partial charge in [-0.05, 0) is 49.2 Å². The lowest BCUT2D eigenvalue weighted by atomic mass is 10.1. The quantitative estimate of drug-likeness (QED) is 0.559. The van der Waals surface area contributed by atoms with E-state index in [4.69, 9.17) is 0 Å². The molecule has 1 N–H and O–H groups in total. The molecule has 2 saturated heterocycles. The fourth-order valence-corrected chi connectivity index (χ4v) is 6.49. The maximum atomic E-state index is 13.2. The van der Waals surface area contributed by atoms with Gasteiger partial charge in [0.2, 0.25) is 5.91 Å². The molecule has 1 amide bonds. The lowest BCUT2D eigenvalue weighted by Gasteiger charge is -2.39. The summed E-state index contributed by atoms with van der Waals surface area (Å²) in [7, 11) is -3.71. The minimum absolute atomic E-state index is 0. The summed E-state index contributed by atoms with van der Waals surface area (Å²) in [6.45, 7) is 6.24. The Labute approximate surface area is 205 Å². The lowest BCUT2D eigenvalue weighted by molar-refractivity contribution is -0.121. The molecule has 0 unspecified atom stereocenters. The van der Waals surface area contributed by atoms with Gasteiger partial charge in [0.05, 0.1) is 10.9 Å². The largest absolute Gasteiger partial charge is 0.369 e. The topological polar surface area (TPSA) is 85.8 Å². The molecule has 1 aromatic heterocycles. The first-order chi connectivity index (χ1) is 16.4. The van der Waals surface area contributed by atoms with E-state index in [2.05, 4.69) is 50.7 Å². The van der Waals surface area contributed by atoms with Crippen molar-refractivity contribution in [2.45, 2.75) is 24.3 Å². The molecule has 0 radical (unpaired) electrons. The molecule has 10 heteroatoms. The number of thiazole rings is 1. The molecule has 8 nitrogen and oxygen atoms in total. The van der Waals surface area contributed by atoms with Gasteiger partial charge >= 0.3 is 0 Å². The predicted octanol–water partition coefficient (Wildman–Crippen LogP) is 3.43. The van der Waals surface area contributed by atoms with Crippen LogP contribution in [-0.4, -0.2) is 63.0 Å². The third-order valence-electron chi connectivity index (χ3n) is 6.50. The Morgan fingerprint density at radius 3 is 2.44 bits per heavy atom. The Balaban J connectivity index is 0.00000289. The second-order valence-electron chi connectivity index (χ2n) is 8.54. The number of nitrogens with one attached hydrogen (secondary N) is 1. The third kappa shape index (κ3) is 4.53. The van der Waals surface area contributed by atoms with E-state index in [0.717, 1.165) is 38.3 Å². The van der Waals surface area contributed by atoms with Crippen molar-refractivity contribution >= 4 is 43.8 Å². The zero-order chi connectivity index (χ0) is 23.7. The SMILES string of the molecule is Cc1ccccc1N1CCN([C@H]2CCN(c3ccc(S(=O)(=O)Nc4nccs4)cc3)C2=O)CC1.[HH]. The van der Waals surface area contributed by atoms with E-state index in [9.17, 15) is 13.2 Å². The molecule has 1 atom stereocenters. The number of carbonyl (C=O) groups excluding carboxylic acids is 1. The fraction of sp³-hybridized carbons (Fsp3) is 0.333. The molecule has 0 spiro atoms. The van der Waals surface area contributed by atoms with E-state index in [1.807, 2.05) is 0 Å².